The van der Waals surface area contributed by atoms with E-state index in [9.17, 15) is 41.0 Å². The van der Waals surface area contributed by atoms with Crippen LogP contribution < -0.4 is 4.74 Å². The zero-order valence-electron chi connectivity index (χ0n) is 17.7. The van der Waals surface area contributed by atoms with Gasteiger partial charge in [-0.3, -0.25) is 0 Å². The number of esters is 1. The predicted molar refractivity (Wildman–Crippen MR) is 114 cm³/mol. The number of hydrogen-bond donors (Lipinski definition) is 2. The lowest BCUT2D eigenvalue weighted by molar-refractivity contribution is -0.301. The van der Waals surface area contributed by atoms with Crippen molar-refractivity contribution in [3.8, 4) is 11.5 Å². The number of halogens is 6. The maximum atomic E-state index is 14.8. The molecule has 4 aromatic rings. The van der Waals surface area contributed by atoms with Crippen molar-refractivity contribution in [2.24, 2.45) is 0 Å². The number of carbonyl (C=O) groups is 2. The highest BCUT2D eigenvalue weighted by molar-refractivity contribution is 6.13. The van der Waals surface area contributed by atoms with Gasteiger partial charge in [-0.25, -0.2) is 9.59 Å². The van der Waals surface area contributed by atoms with Gasteiger partial charge in [0, 0.05) is 11.1 Å². The van der Waals surface area contributed by atoms with Crippen molar-refractivity contribution in [3.05, 3.63) is 82.9 Å². The molecule has 36 heavy (non-hydrogen) atoms. The van der Waals surface area contributed by atoms with E-state index in [-0.39, 0.29) is 27.6 Å². The second-order valence-corrected chi connectivity index (χ2v) is 8.18. The van der Waals surface area contributed by atoms with Crippen molar-refractivity contribution in [3.63, 3.8) is 0 Å². The molecule has 11 heteroatoms. The lowest BCUT2D eigenvalue weighted by atomic mass is 9.91. The molecule has 0 aliphatic heterocycles. The summed E-state index contributed by atoms with van der Waals surface area (Å²) in [5.74, 6) is -19.0. The molecule has 0 atom stereocenters. The van der Waals surface area contributed by atoms with E-state index in [1.807, 2.05) is 0 Å². The largest absolute Gasteiger partial charge is 0.508 e. The topological polar surface area (TPSA) is 83.8 Å². The van der Waals surface area contributed by atoms with Crippen LogP contribution in [-0.4, -0.2) is 28.1 Å². The highest BCUT2D eigenvalue weighted by Gasteiger charge is 2.79. The molecule has 0 heterocycles. The zero-order chi connectivity index (χ0) is 26.2. The normalized spacial score (nSPS) is 17.2. The molecule has 0 bridgehead atoms. The Labute approximate surface area is 197 Å². The number of aromatic carboxylic acids is 1. The smallest absolute Gasteiger partial charge is 0.380 e. The van der Waals surface area contributed by atoms with Crippen LogP contribution in [0.25, 0.3) is 21.5 Å². The van der Waals surface area contributed by atoms with Gasteiger partial charge in [-0.05, 0) is 70.1 Å². The van der Waals surface area contributed by atoms with E-state index in [2.05, 4.69) is 0 Å². The third-order valence-corrected chi connectivity index (χ3v) is 6.07. The van der Waals surface area contributed by atoms with E-state index in [1.54, 1.807) is 0 Å². The van der Waals surface area contributed by atoms with Gasteiger partial charge in [0.05, 0.1) is 11.1 Å². The Bertz CT molecular complexity index is 1590. The van der Waals surface area contributed by atoms with E-state index < -0.39 is 57.4 Å². The Morgan fingerprint density at radius 1 is 0.667 bits per heavy atom. The third-order valence-electron chi connectivity index (χ3n) is 6.07. The number of aromatic hydroxyl groups is 1. The number of phenols is 1. The summed E-state index contributed by atoms with van der Waals surface area (Å²) in [7, 11) is 0. The van der Waals surface area contributed by atoms with Crippen molar-refractivity contribution < 1.29 is 50.9 Å². The van der Waals surface area contributed by atoms with Gasteiger partial charge in [0.15, 0.2) is 0 Å². The van der Waals surface area contributed by atoms with Crippen LogP contribution in [0.4, 0.5) is 26.3 Å². The fraction of sp³-hybridized carbons (Fsp3) is 0.120. The highest BCUT2D eigenvalue weighted by Crippen LogP contribution is 2.66. The number of carbonyl (C=O) groups excluding carboxylic acids is 1. The van der Waals surface area contributed by atoms with Crippen LogP contribution >= 0.6 is 0 Å². The van der Waals surface area contributed by atoms with Gasteiger partial charge in [0.2, 0.25) is 0 Å². The molecular weight excluding hydrogens is 494 g/mol. The lowest BCUT2D eigenvalue weighted by Gasteiger charge is -2.23. The van der Waals surface area contributed by atoms with Crippen LogP contribution in [0.3, 0.4) is 0 Å². The number of alkyl halides is 6. The second kappa shape index (κ2) is 7.36. The number of hydrogen-bond acceptors (Lipinski definition) is 4. The van der Waals surface area contributed by atoms with Crippen LogP contribution in [0.15, 0.2) is 60.7 Å². The highest BCUT2D eigenvalue weighted by atomic mass is 19.3. The van der Waals surface area contributed by atoms with Crippen LogP contribution in [0.2, 0.25) is 0 Å². The average Bonchev–Trinajstić information content (AvgIpc) is 2.93. The quantitative estimate of drug-likeness (QED) is 0.144. The van der Waals surface area contributed by atoms with Crippen molar-refractivity contribution in [1.82, 2.24) is 0 Å². The molecule has 0 unspecified atom stereocenters. The number of fused-ring (bicyclic) bond motifs is 6. The number of benzene rings is 4. The lowest BCUT2D eigenvalue weighted by Crippen LogP contribution is -2.43. The molecule has 0 fully saturated rings. The summed E-state index contributed by atoms with van der Waals surface area (Å²) in [5, 5.41) is 17.1. The van der Waals surface area contributed by atoms with Crippen LogP contribution in [0, 0.1) is 0 Å². The van der Waals surface area contributed by atoms with Gasteiger partial charge < -0.3 is 14.9 Å². The molecule has 0 aromatic heterocycles. The number of phenolic OH excluding ortho intramolecular Hbond substituents is 1. The SMILES string of the molecule is O=C(O)c1ccc(C(=O)Oc2ccc3c4c(c5ccc(O)cc5c3c2)C(F)(F)C(F)(F)C4(F)F)cc1. The van der Waals surface area contributed by atoms with Gasteiger partial charge in [-0.1, -0.05) is 12.1 Å². The van der Waals surface area contributed by atoms with E-state index in [0.29, 0.717) is 0 Å². The van der Waals surface area contributed by atoms with Gasteiger partial charge in [-0.2, -0.15) is 26.3 Å². The molecule has 0 saturated heterocycles. The van der Waals surface area contributed by atoms with Crippen molar-refractivity contribution in [1.29, 1.82) is 0 Å². The van der Waals surface area contributed by atoms with Crippen molar-refractivity contribution >= 4 is 33.5 Å². The molecule has 2 N–H and O–H groups in total. The summed E-state index contributed by atoms with van der Waals surface area (Å²) in [4.78, 5) is 23.4. The van der Waals surface area contributed by atoms with Gasteiger partial charge in [0.1, 0.15) is 11.5 Å². The Kier molecular flexibility index (Phi) is 4.80. The standard InChI is InChI=1S/C25H12F6O5/c26-23(27)19-15-7-5-13(32)9-17(15)18-10-14(6-8-16(18)20(19)24(28,29)25(23,30)31)36-22(35)12-3-1-11(2-4-12)21(33)34/h1-10,32H,(H,33,34). The summed E-state index contributed by atoms with van der Waals surface area (Å²) >= 11 is 0. The molecular formula is C25H12F6O5. The minimum Gasteiger partial charge on any atom is -0.508 e. The first-order valence-corrected chi connectivity index (χ1v) is 10.2. The van der Waals surface area contributed by atoms with Gasteiger partial charge >= 0.3 is 29.7 Å². The third kappa shape index (κ3) is 3.05. The van der Waals surface area contributed by atoms with E-state index >= 15 is 0 Å². The van der Waals surface area contributed by atoms with Crippen LogP contribution in [0.1, 0.15) is 31.8 Å². The molecule has 5 nitrogen and oxygen atoms in total. The van der Waals surface area contributed by atoms with Gasteiger partial charge in [-0.15, -0.1) is 0 Å². The fourth-order valence-electron chi connectivity index (χ4n) is 4.35. The van der Waals surface area contributed by atoms with Crippen LogP contribution in [-0.2, 0) is 11.8 Å². The molecule has 0 saturated carbocycles. The zero-order valence-corrected chi connectivity index (χ0v) is 17.7. The van der Waals surface area contributed by atoms with Crippen molar-refractivity contribution in [2.75, 3.05) is 0 Å². The maximum absolute atomic E-state index is 14.8. The first-order valence-electron chi connectivity index (χ1n) is 10.2. The molecule has 0 spiro atoms. The van der Waals surface area contributed by atoms with Crippen molar-refractivity contribution in [2.45, 2.75) is 17.8 Å². The molecule has 0 radical (unpaired) electrons. The van der Waals surface area contributed by atoms with Gasteiger partial charge in [0.25, 0.3) is 0 Å². The predicted octanol–water partition coefficient (Wildman–Crippen LogP) is 6.45. The van der Waals surface area contributed by atoms with Crippen LogP contribution in [0.5, 0.6) is 11.5 Å². The number of ether oxygens (including phenoxy) is 1. The molecule has 184 valence electrons. The fourth-order valence-corrected chi connectivity index (χ4v) is 4.35. The molecule has 0 amide bonds. The van der Waals surface area contributed by atoms with E-state index in [0.717, 1.165) is 48.5 Å². The summed E-state index contributed by atoms with van der Waals surface area (Å²) < 4.78 is 92.7. The Hall–Kier alpha value is -4.28. The monoisotopic (exact) mass is 506 g/mol. The van der Waals surface area contributed by atoms with E-state index in [4.69, 9.17) is 9.84 Å². The minimum absolute atomic E-state index is 0.0534. The summed E-state index contributed by atoms with van der Waals surface area (Å²) in [6.07, 6.45) is 0. The maximum Gasteiger partial charge on any atom is 0.380 e. The molecule has 1 aliphatic rings. The summed E-state index contributed by atoms with van der Waals surface area (Å²) in [5.41, 5.74) is -3.23. The molecule has 4 aromatic carbocycles. The second-order valence-electron chi connectivity index (χ2n) is 8.18. The first-order chi connectivity index (χ1) is 16.8. The first kappa shape index (κ1) is 23.5. The molecule has 5 rings (SSSR count). The Balaban J connectivity index is 1.70. The number of carboxylic acid groups (broad SMARTS) is 1. The Morgan fingerprint density at radius 2 is 1.17 bits per heavy atom. The summed E-state index contributed by atoms with van der Waals surface area (Å²) in [6, 6.07) is 10.2. The average molecular weight is 506 g/mol. The van der Waals surface area contributed by atoms with E-state index in [1.165, 1.54) is 12.1 Å². The Morgan fingerprint density at radius 3 is 1.72 bits per heavy atom. The number of carboxylic acids is 1. The minimum atomic E-state index is -5.71. The number of rotatable bonds is 3. The molecule has 1 aliphatic carbocycles. The summed E-state index contributed by atoms with van der Waals surface area (Å²) in [6.45, 7) is 0.